The Morgan fingerprint density at radius 3 is 2.43 bits per heavy atom. The van der Waals surface area contributed by atoms with Crippen molar-refractivity contribution in [3.63, 3.8) is 0 Å². The summed E-state index contributed by atoms with van der Waals surface area (Å²) in [5.41, 5.74) is 1.78. The second-order valence-electron chi connectivity index (χ2n) is 4.74. The third-order valence-electron chi connectivity index (χ3n) is 3.20. The first-order chi connectivity index (χ1) is 10.6. The molecule has 118 valence electrons. The van der Waals surface area contributed by atoms with E-state index in [1.54, 1.807) is 24.3 Å². The summed E-state index contributed by atoms with van der Waals surface area (Å²) in [6.45, 7) is 0. The molecule has 1 aromatic heterocycles. The summed E-state index contributed by atoms with van der Waals surface area (Å²) in [5, 5.41) is 24.3. The van der Waals surface area contributed by atoms with Crippen LogP contribution in [0.4, 0.5) is 0 Å². The standard InChI is InChI=1S/C16H12ClN3O2.ClH/c17-13-8-6-12(7-9-13)15-16(21)22-19-20(15)14(18)10-11-4-2-1-3-5-11;/h1-9,18H,10H2;1H. The highest BCUT2D eigenvalue weighted by Gasteiger charge is 2.21. The number of hydrogen-bond donors (Lipinski definition) is 1. The molecule has 0 aliphatic heterocycles. The van der Waals surface area contributed by atoms with Gasteiger partial charge in [-0.05, 0) is 35.1 Å². The van der Waals surface area contributed by atoms with Crippen molar-refractivity contribution in [3.8, 4) is 17.2 Å². The summed E-state index contributed by atoms with van der Waals surface area (Å²) < 4.78 is 5.94. The fraction of sp³-hybridized carbons (Fsp3) is 0.0625. The van der Waals surface area contributed by atoms with Crippen molar-refractivity contribution in [2.75, 3.05) is 0 Å². The van der Waals surface area contributed by atoms with E-state index in [9.17, 15) is 5.11 Å². The predicted molar refractivity (Wildman–Crippen MR) is 87.1 cm³/mol. The molecule has 1 heterocycles. The molecule has 3 aromatic rings. The van der Waals surface area contributed by atoms with Gasteiger partial charge in [0, 0.05) is 10.6 Å². The maximum absolute atomic E-state index is 11.9. The number of nitrogens with one attached hydrogen (secondary N) is 1. The molecule has 0 saturated carbocycles. The maximum Gasteiger partial charge on any atom is 0.321 e. The van der Waals surface area contributed by atoms with Crippen LogP contribution < -0.4 is 9.79 Å². The van der Waals surface area contributed by atoms with E-state index in [1.807, 2.05) is 30.3 Å². The summed E-state index contributed by atoms with van der Waals surface area (Å²) in [4.78, 5) is 0. The molecule has 0 aliphatic rings. The minimum atomic E-state index is -0.583. The van der Waals surface area contributed by atoms with Gasteiger partial charge in [0.25, 0.3) is 0 Å². The van der Waals surface area contributed by atoms with Gasteiger partial charge in [0.05, 0.1) is 6.42 Å². The fourth-order valence-electron chi connectivity index (χ4n) is 2.14. The van der Waals surface area contributed by atoms with E-state index in [4.69, 9.17) is 21.5 Å². The van der Waals surface area contributed by atoms with Crippen molar-refractivity contribution >= 4 is 29.8 Å². The molecule has 0 fully saturated rings. The molecule has 0 radical (unpaired) electrons. The zero-order valence-electron chi connectivity index (χ0n) is 11.9. The van der Waals surface area contributed by atoms with Crippen molar-refractivity contribution in [1.82, 2.24) is 5.27 Å². The van der Waals surface area contributed by atoms with Gasteiger partial charge >= 0.3 is 5.84 Å². The first-order valence-electron chi connectivity index (χ1n) is 6.62. The van der Waals surface area contributed by atoms with Gasteiger partial charge in [0.15, 0.2) is 5.69 Å². The smallest absolute Gasteiger partial charge is 0.321 e. The Labute approximate surface area is 144 Å². The van der Waals surface area contributed by atoms with Crippen LogP contribution in [0.25, 0.3) is 11.3 Å². The maximum atomic E-state index is 11.9. The van der Waals surface area contributed by atoms with Gasteiger partial charge in [-0.3, -0.25) is 0 Å². The van der Waals surface area contributed by atoms with E-state index in [2.05, 4.69) is 5.27 Å². The lowest BCUT2D eigenvalue weighted by Gasteiger charge is -2.03. The van der Waals surface area contributed by atoms with Crippen LogP contribution >= 0.6 is 24.0 Å². The zero-order valence-corrected chi connectivity index (χ0v) is 13.5. The molecule has 23 heavy (non-hydrogen) atoms. The first kappa shape index (κ1) is 17.0. The van der Waals surface area contributed by atoms with E-state index in [0.717, 1.165) is 5.56 Å². The van der Waals surface area contributed by atoms with Gasteiger partial charge in [0.2, 0.25) is 0 Å². The molecule has 3 rings (SSSR count). The number of aromatic nitrogens is 2. The number of benzene rings is 2. The van der Waals surface area contributed by atoms with Crippen molar-refractivity contribution in [2.24, 2.45) is 0 Å². The second kappa shape index (κ2) is 7.26. The summed E-state index contributed by atoms with van der Waals surface area (Å²) in [7, 11) is 0. The Hall–Kier alpha value is -2.37. The van der Waals surface area contributed by atoms with Gasteiger partial charge in [-0.2, -0.15) is 0 Å². The summed E-state index contributed by atoms with van der Waals surface area (Å²) in [6, 6.07) is 16.3. The van der Waals surface area contributed by atoms with Gasteiger partial charge in [-0.25, -0.2) is 0 Å². The molecular weight excluding hydrogens is 337 g/mol. The van der Waals surface area contributed by atoms with E-state index < -0.39 is 5.95 Å². The van der Waals surface area contributed by atoms with Crippen LogP contribution in [-0.2, 0) is 6.42 Å². The molecule has 0 aliphatic carbocycles. The third-order valence-corrected chi connectivity index (χ3v) is 3.45. The van der Waals surface area contributed by atoms with Crippen molar-refractivity contribution in [2.45, 2.75) is 6.42 Å². The SMILES string of the molecule is Cl.N=C(Cc1ccccc1)[n+]1noc([O-])c1-c1ccc(Cl)cc1. The quantitative estimate of drug-likeness (QED) is 0.448. The zero-order chi connectivity index (χ0) is 15.5. The van der Waals surface area contributed by atoms with Crippen molar-refractivity contribution in [3.05, 3.63) is 65.2 Å². The number of halogens is 2. The molecule has 1 N–H and O–H groups in total. The topological polar surface area (TPSA) is 76.8 Å². The average Bonchev–Trinajstić information content (AvgIpc) is 2.91. The summed E-state index contributed by atoms with van der Waals surface area (Å²) >= 11 is 5.86. The Morgan fingerprint density at radius 1 is 1.13 bits per heavy atom. The third kappa shape index (κ3) is 3.70. The Morgan fingerprint density at radius 2 is 1.78 bits per heavy atom. The highest BCUT2D eigenvalue weighted by atomic mass is 35.5. The highest BCUT2D eigenvalue weighted by molar-refractivity contribution is 6.30. The van der Waals surface area contributed by atoms with Crippen LogP contribution in [0.2, 0.25) is 5.02 Å². The number of hydrogen-bond acceptors (Lipinski definition) is 4. The van der Waals surface area contributed by atoms with E-state index in [-0.39, 0.29) is 23.9 Å². The summed E-state index contributed by atoms with van der Waals surface area (Å²) in [6.07, 6.45) is 0.345. The van der Waals surface area contributed by atoms with Gasteiger partial charge in [-0.15, -0.1) is 17.8 Å². The first-order valence-corrected chi connectivity index (χ1v) is 6.99. The molecule has 0 spiro atoms. The Kier molecular flexibility index (Phi) is 5.36. The van der Waals surface area contributed by atoms with Crippen LogP contribution in [0.5, 0.6) is 5.95 Å². The second-order valence-corrected chi connectivity index (χ2v) is 5.17. The predicted octanol–water partition coefficient (Wildman–Crippen LogP) is 2.85. The van der Waals surface area contributed by atoms with Gasteiger partial charge < -0.3 is 9.63 Å². The Balaban J connectivity index is 0.00000192. The minimum absolute atomic E-state index is 0. The van der Waals surface area contributed by atoms with Crippen LogP contribution in [0.15, 0.2) is 59.1 Å². The molecule has 0 bridgehead atoms. The Bertz CT molecular complexity index is 802. The normalized spacial score (nSPS) is 10.1. The lowest BCUT2D eigenvalue weighted by molar-refractivity contribution is -0.626. The van der Waals surface area contributed by atoms with E-state index >= 15 is 0 Å². The minimum Gasteiger partial charge on any atom is -0.540 e. The molecule has 0 unspecified atom stereocenters. The monoisotopic (exact) mass is 349 g/mol. The lowest BCUT2D eigenvalue weighted by atomic mass is 10.1. The van der Waals surface area contributed by atoms with E-state index in [0.29, 0.717) is 17.0 Å². The summed E-state index contributed by atoms with van der Waals surface area (Å²) in [5.74, 6) is -0.429. The highest BCUT2D eigenvalue weighted by Crippen LogP contribution is 2.24. The largest absolute Gasteiger partial charge is 0.540 e. The van der Waals surface area contributed by atoms with Crippen molar-refractivity contribution in [1.29, 1.82) is 5.41 Å². The molecule has 0 amide bonds. The molecular formula is C16H13Cl2N3O2. The molecule has 5 nitrogen and oxygen atoms in total. The lowest BCUT2D eigenvalue weighted by Crippen LogP contribution is -2.46. The van der Waals surface area contributed by atoms with Gasteiger partial charge in [0.1, 0.15) is 5.95 Å². The van der Waals surface area contributed by atoms with Crippen LogP contribution in [0, 0.1) is 5.41 Å². The molecule has 0 atom stereocenters. The number of rotatable bonds is 3. The molecule has 0 saturated heterocycles. The van der Waals surface area contributed by atoms with Gasteiger partial charge in [-0.1, -0.05) is 46.6 Å². The van der Waals surface area contributed by atoms with Crippen LogP contribution in [-0.4, -0.2) is 11.1 Å². The average molecular weight is 350 g/mol. The number of nitrogens with zero attached hydrogens (tertiary/aromatic N) is 2. The van der Waals surface area contributed by atoms with Crippen LogP contribution in [0.1, 0.15) is 5.56 Å². The molecule has 2 aromatic carbocycles. The van der Waals surface area contributed by atoms with Crippen molar-refractivity contribution < 1.29 is 14.3 Å². The van der Waals surface area contributed by atoms with Crippen LogP contribution in [0.3, 0.4) is 0 Å². The molecule has 7 heteroatoms. The fourth-order valence-corrected chi connectivity index (χ4v) is 2.27. The van der Waals surface area contributed by atoms with E-state index in [1.165, 1.54) is 4.68 Å².